The van der Waals surface area contributed by atoms with E-state index >= 15 is 9.59 Å². The van der Waals surface area contributed by atoms with Crippen molar-refractivity contribution >= 4 is 128 Å². The summed E-state index contributed by atoms with van der Waals surface area (Å²) in [7, 11) is 1.91. The highest BCUT2D eigenvalue weighted by molar-refractivity contribution is 8.76. The van der Waals surface area contributed by atoms with Gasteiger partial charge in [0.15, 0.2) is 23.8 Å². The van der Waals surface area contributed by atoms with Crippen molar-refractivity contribution in [2.75, 3.05) is 50.8 Å². The number of hydrogen-bond donors (Lipinski definition) is 22. The molecule has 1 aromatic rings. The predicted molar refractivity (Wildman–Crippen MR) is 422 cm³/mol. The third kappa shape index (κ3) is 33.6. The van der Waals surface area contributed by atoms with Gasteiger partial charge in [0.1, 0.15) is 60.4 Å². The highest BCUT2D eigenvalue weighted by Gasteiger charge is 2.43. The number of guanidine groups is 4. The zero-order valence-electron chi connectivity index (χ0n) is 64.0. The van der Waals surface area contributed by atoms with Gasteiger partial charge in [-0.25, -0.2) is 0 Å². The van der Waals surface area contributed by atoms with E-state index in [1.54, 1.807) is 52.0 Å². The summed E-state index contributed by atoms with van der Waals surface area (Å²) in [6.07, 6.45) is 3.23. The first-order valence-corrected chi connectivity index (χ1v) is 40.0. The molecular formula is C69H116N26O15S2. The highest BCUT2D eigenvalue weighted by Crippen LogP contribution is 2.30. The van der Waals surface area contributed by atoms with E-state index < -0.39 is 181 Å². The Morgan fingerprint density at radius 3 is 1.55 bits per heavy atom. The normalized spacial score (nSPS) is 24.0. The molecule has 4 rings (SSSR count). The Labute approximate surface area is 658 Å². The minimum absolute atomic E-state index is 0.00186. The monoisotopic (exact) mass is 1610 g/mol. The van der Waals surface area contributed by atoms with Crippen LogP contribution < -0.4 is 116 Å². The lowest BCUT2D eigenvalue weighted by molar-refractivity contribution is -0.147. The first-order valence-electron chi connectivity index (χ1n) is 37.5. The standard InChI is InChI=1S/C69H116N26O15S2/c1-5-36(3)53-64(109)90-46(30-52(98)99)61(106)87-44(23-15-27-83-69(78)79)60(105)94-54(37(4)6-2)65(110)95-33-40-19-11-10-18-39(40)29-49(95)63(108)88-43(22-14-26-82-68(76)77)58(103)91-47(55(71)100)34-111-112-35-48(92-56(101)41(70)20-12-24-80-66(72)73)62(107)89-45(28-38-16-8-7-9-17-38)57(102)85-31-50(96)84-32-51(97)86-42(59(104)93-53)21-13-25-81-67(74)75/h10-11,18-19,36-38,41-49,53-54H,5-9,12-17,20-35,70H2,1-4H3,(H2,71,100)(H,84,96)(H,85,102)(H,86,97)(H,87,106)(H,88,108)(H,89,107)(H,90,109)(H,91,103)(H,92,101)(H,93,104)(H,94,105)(H,98,99)(H4,72,73,80)(H4,74,75,81)(H4,76,77,82)(H4,78,79,83). The zero-order valence-corrected chi connectivity index (χ0v) is 65.6. The van der Waals surface area contributed by atoms with E-state index in [0.717, 1.165) is 40.9 Å². The minimum atomic E-state index is -1.95. The van der Waals surface area contributed by atoms with Gasteiger partial charge >= 0.3 is 5.97 Å². The van der Waals surface area contributed by atoms with Crippen LogP contribution in [0.2, 0.25) is 0 Å². The van der Waals surface area contributed by atoms with E-state index in [-0.39, 0.29) is 151 Å². The van der Waals surface area contributed by atoms with E-state index in [2.05, 4.69) is 78.5 Å². The first-order chi connectivity index (χ1) is 53.1. The topological polar surface area (TPSA) is 704 Å². The van der Waals surface area contributed by atoms with E-state index in [1.807, 2.05) is 0 Å². The fourth-order valence-corrected chi connectivity index (χ4v) is 14.8. The number of nitrogens with two attached hydrogens (primary N) is 10. The molecule has 2 fully saturated rings. The Morgan fingerprint density at radius 2 is 1.01 bits per heavy atom. The molecule has 0 aromatic heterocycles. The molecule has 1 saturated carbocycles. The number of primary amides is 1. The molecular weight excluding hydrogens is 1500 g/mol. The number of carboxylic acid groups (broad SMARTS) is 1. The van der Waals surface area contributed by atoms with Gasteiger partial charge in [-0.15, -0.1) is 0 Å². The van der Waals surface area contributed by atoms with Crippen LogP contribution in [-0.4, -0.2) is 234 Å². The van der Waals surface area contributed by atoms with E-state index in [4.69, 9.17) is 57.3 Å². The fraction of sp³-hybridized carbons (Fsp3) is 0.652. The molecule has 13 amide bonds. The van der Waals surface area contributed by atoms with Crippen LogP contribution in [-0.2, 0) is 80.1 Å². The van der Waals surface area contributed by atoms with Crippen molar-refractivity contribution in [1.82, 2.24) is 63.4 Å². The molecule has 1 saturated heterocycles. The van der Waals surface area contributed by atoms with Crippen molar-refractivity contribution in [1.29, 1.82) is 0 Å². The van der Waals surface area contributed by atoms with Gasteiger partial charge < -0.3 is 126 Å². The number of nitrogens with one attached hydrogen (secondary N) is 11. The highest BCUT2D eigenvalue weighted by atomic mass is 33.1. The largest absolute Gasteiger partial charge is 0.481 e. The second-order valence-corrected chi connectivity index (χ2v) is 30.4. The number of nitrogens with zero attached hydrogens (tertiary/aromatic N) is 5. The van der Waals surface area contributed by atoms with Crippen LogP contribution in [0.1, 0.15) is 148 Å². The van der Waals surface area contributed by atoms with Crippen LogP contribution >= 0.6 is 21.6 Å². The molecule has 112 heavy (non-hydrogen) atoms. The lowest BCUT2D eigenvalue weighted by atomic mass is 9.84. The summed E-state index contributed by atoms with van der Waals surface area (Å²) in [6.45, 7) is 4.90. The number of carbonyl (C=O) groups is 14. The molecule has 32 N–H and O–H groups in total. The van der Waals surface area contributed by atoms with Crippen molar-refractivity contribution in [3.8, 4) is 0 Å². The van der Waals surface area contributed by atoms with Gasteiger partial charge in [-0.05, 0) is 86.7 Å². The number of aliphatic imine (C=N–C) groups is 4. The second kappa shape index (κ2) is 49.0. The van der Waals surface area contributed by atoms with Gasteiger partial charge in [0.25, 0.3) is 0 Å². The van der Waals surface area contributed by atoms with E-state index in [1.165, 1.54) is 4.90 Å². The fourth-order valence-electron chi connectivity index (χ4n) is 12.4. The smallest absolute Gasteiger partial charge is 0.305 e. The maximum Gasteiger partial charge on any atom is 0.305 e. The molecule has 0 radical (unpaired) electrons. The summed E-state index contributed by atoms with van der Waals surface area (Å²) in [5, 5.41) is 38.7. The summed E-state index contributed by atoms with van der Waals surface area (Å²) in [6, 6.07) is -9.38. The predicted octanol–water partition coefficient (Wildman–Crippen LogP) is -6.51. The number of carbonyl (C=O) groups excluding carboxylic acids is 13. The minimum Gasteiger partial charge on any atom is -0.481 e. The Balaban J connectivity index is 1.89. The zero-order chi connectivity index (χ0) is 83.1. The molecule has 0 spiro atoms. The number of carboxylic acids is 1. The molecule has 1 aliphatic carbocycles. The number of aliphatic carboxylic acids is 1. The van der Waals surface area contributed by atoms with Crippen molar-refractivity contribution in [3.63, 3.8) is 0 Å². The third-order valence-corrected chi connectivity index (χ3v) is 21.5. The van der Waals surface area contributed by atoms with Crippen LogP contribution in [0, 0.1) is 17.8 Å². The number of rotatable bonds is 27. The van der Waals surface area contributed by atoms with Gasteiger partial charge in [0.05, 0.1) is 25.6 Å². The van der Waals surface area contributed by atoms with E-state index in [9.17, 15) is 62.6 Å². The van der Waals surface area contributed by atoms with Crippen LogP contribution in [0.4, 0.5) is 0 Å². The van der Waals surface area contributed by atoms with Crippen molar-refractivity contribution in [3.05, 3.63) is 35.4 Å². The van der Waals surface area contributed by atoms with Crippen LogP contribution in [0.5, 0.6) is 0 Å². The van der Waals surface area contributed by atoms with Gasteiger partial charge in [-0.3, -0.25) is 87.1 Å². The average molecular weight is 1610 g/mol. The molecule has 41 nitrogen and oxygen atoms in total. The second-order valence-electron chi connectivity index (χ2n) is 27.9. The lowest BCUT2D eigenvalue weighted by Crippen LogP contribution is -2.63. The lowest BCUT2D eigenvalue weighted by Gasteiger charge is -2.40. The van der Waals surface area contributed by atoms with Crippen molar-refractivity contribution in [2.45, 2.75) is 216 Å². The Morgan fingerprint density at radius 1 is 0.536 bits per heavy atom. The number of fused-ring (bicyclic) bond motifs is 2. The van der Waals surface area contributed by atoms with Crippen molar-refractivity contribution < 1.29 is 72.2 Å². The Hall–Kier alpha value is -10.5. The molecule has 2 heterocycles. The average Bonchev–Trinajstić information content (AvgIpc) is 0.781. The SMILES string of the molecule is CCC(C)C1NC(=O)C(CCCN=C(N)N)NC(=O)CNC(=O)CNC(=O)C(CC2CCCCC2)NC(=O)C(NC(=O)C(N)CCCN=C(N)N)CSSCC(C(N)=O)NC(=O)C(CCCN=C(N)N)NC(=O)C2Cc3ccccc3CN2C(=O)C(C(C)CC)NC(=O)C(CCCN=C(N)N)NC(=O)C(CC(=O)O)NC1=O. The molecule has 43 heteroatoms. The third-order valence-electron chi connectivity index (χ3n) is 19.1. The summed E-state index contributed by atoms with van der Waals surface area (Å²) in [4.78, 5) is 217. The molecule has 0 bridgehead atoms. The van der Waals surface area contributed by atoms with Crippen LogP contribution in [0.3, 0.4) is 0 Å². The first kappa shape index (κ1) is 93.9. The molecule has 13 atom stereocenters. The number of amides is 13. The number of hydrogen-bond acceptors (Lipinski definition) is 21. The maximum absolute atomic E-state index is 15.5. The van der Waals surface area contributed by atoms with Gasteiger partial charge in [-0.1, -0.05) is 118 Å². The summed E-state index contributed by atoms with van der Waals surface area (Å²) in [5.41, 5.74) is 58.1. The number of benzene rings is 1. The summed E-state index contributed by atoms with van der Waals surface area (Å²) < 4.78 is 0. The summed E-state index contributed by atoms with van der Waals surface area (Å²) in [5.74, 6) is -16.7. The molecule has 3 aliphatic rings. The molecule has 624 valence electrons. The van der Waals surface area contributed by atoms with Gasteiger partial charge in [0.2, 0.25) is 76.8 Å². The Kier molecular flexibility index (Phi) is 41.1. The van der Waals surface area contributed by atoms with Gasteiger partial charge in [-0.2, -0.15) is 0 Å². The summed E-state index contributed by atoms with van der Waals surface area (Å²) >= 11 is 0. The van der Waals surface area contributed by atoms with Crippen LogP contribution in [0.25, 0.3) is 0 Å². The van der Waals surface area contributed by atoms with E-state index in [0.29, 0.717) is 24.0 Å². The van der Waals surface area contributed by atoms with Crippen molar-refractivity contribution in [2.24, 2.45) is 95.1 Å². The maximum atomic E-state index is 15.5. The quantitative estimate of drug-likeness (QED) is 0.0169. The Bertz CT molecular complexity index is 3510. The molecule has 13 unspecified atom stereocenters. The van der Waals surface area contributed by atoms with Gasteiger partial charge in [0, 0.05) is 50.7 Å². The molecule has 1 aromatic carbocycles. The molecule has 2 aliphatic heterocycles. The van der Waals surface area contributed by atoms with Crippen LogP contribution in [0.15, 0.2) is 44.2 Å².